The lowest BCUT2D eigenvalue weighted by molar-refractivity contribution is -0.161. The first-order valence-electron chi connectivity index (χ1n) is 17.2. The van der Waals surface area contributed by atoms with Crippen molar-refractivity contribution in [3.05, 3.63) is 84.5 Å². The number of rotatable bonds is 9. The fourth-order valence-electron chi connectivity index (χ4n) is 8.17. The first kappa shape index (κ1) is 33.0. The van der Waals surface area contributed by atoms with E-state index in [1.807, 2.05) is 85.8 Å². The van der Waals surface area contributed by atoms with Crippen LogP contribution >= 0.6 is 0 Å². The van der Waals surface area contributed by atoms with E-state index in [4.69, 9.17) is 9.47 Å². The number of cyclic esters (lactones) is 1. The number of likely N-dealkylation sites (tertiary alicyclic amines) is 1. The van der Waals surface area contributed by atoms with Crippen molar-refractivity contribution in [3.8, 4) is 0 Å². The second-order valence-corrected chi connectivity index (χ2v) is 13.0. The van der Waals surface area contributed by atoms with Crippen molar-refractivity contribution in [1.29, 1.82) is 0 Å². The molecule has 0 aliphatic carbocycles. The molecule has 0 radical (unpaired) electrons. The molecule has 1 N–H and O–H groups in total. The van der Waals surface area contributed by atoms with E-state index in [-0.39, 0.29) is 31.6 Å². The molecular formula is C38H47N3O6. The Hall–Kier alpha value is -3.95. The normalized spacial score (nSPS) is 30.2. The van der Waals surface area contributed by atoms with Gasteiger partial charge in [0.05, 0.1) is 25.2 Å². The van der Waals surface area contributed by atoms with E-state index in [2.05, 4.69) is 18.7 Å². The number of nitrogens with zero attached hydrogens (tertiary/aromatic N) is 3. The van der Waals surface area contributed by atoms with Crippen LogP contribution in [0.1, 0.15) is 52.0 Å². The molecule has 4 aliphatic heterocycles. The Bertz CT molecular complexity index is 1510. The number of hydrogen-bond acceptors (Lipinski definition) is 7. The summed E-state index contributed by atoms with van der Waals surface area (Å²) in [6.07, 6.45) is 10.9. The summed E-state index contributed by atoms with van der Waals surface area (Å²) in [5.41, 5.74) is 0.126. The summed E-state index contributed by atoms with van der Waals surface area (Å²) in [6, 6.07) is 15.7. The van der Waals surface area contributed by atoms with Crippen LogP contribution in [0.2, 0.25) is 0 Å². The van der Waals surface area contributed by atoms with Crippen molar-refractivity contribution in [2.45, 2.75) is 76.2 Å². The minimum absolute atomic E-state index is 0.267. The first-order valence-corrected chi connectivity index (χ1v) is 17.2. The van der Waals surface area contributed by atoms with Gasteiger partial charge in [0, 0.05) is 31.0 Å². The summed E-state index contributed by atoms with van der Waals surface area (Å²) in [5, 5.41) is 10.8. The van der Waals surface area contributed by atoms with Gasteiger partial charge in [-0.15, -0.1) is 0 Å². The number of hydrogen-bond donors (Lipinski definition) is 1. The lowest BCUT2D eigenvalue weighted by Crippen LogP contribution is -2.59. The van der Waals surface area contributed by atoms with E-state index in [0.29, 0.717) is 18.5 Å². The molecule has 250 valence electrons. The number of ether oxygens (including phenoxy) is 2. The number of benzene rings is 2. The lowest BCUT2D eigenvalue weighted by Gasteiger charge is -2.41. The first-order chi connectivity index (χ1) is 22.8. The number of aliphatic hydroxyl groups excluding tert-OH is 1. The standard InChI is InChI=1S/C38H47N3O6/c1-4-37-21-12-7-8-13-24-46-36(45)32(37)31-34(43)41(30(26-42)25-27-15-10-9-11-16-27)33-35(44)40(23-14-22-38(31,33)47-37)29-19-17-28(18-20-29)39(5-2)6-3/h9-12,14-22,30-33,42H,4-8,13,23-26H2,1-3H3/b21-12-/t30-,31+,32+,33?,37-,38+/m1/s1. The topological polar surface area (TPSA) is 99.6 Å². The molecule has 6 atom stereocenters. The number of allylic oxidation sites excluding steroid dienone is 1. The van der Waals surface area contributed by atoms with Gasteiger partial charge in [-0.2, -0.15) is 0 Å². The third-order valence-electron chi connectivity index (χ3n) is 10.5. The van der Waals surface area contributed by atoms with E-state index in [0.717, 1.165) is 43.6 Å². The van der Waals surface area contributed by atoms with Crippen LogP contribution in [-0.4, -0.2) is 83.9 Å². The maximum absolute atomic E-state index is 15.0. The van der Waals surface area contributed by atoms with Crippen LogP contribution < -0.4 is 9.80 Å². The van der Waals surface area contributed by atoms with Crippen molar-refractivity contribution >= 4 is 29.2 Å². The number of anilines is 2. The number of aliphatic hydroxyl groups is 1. The third kappa shape index (κ3) is 5.67. The molecule has 2 aromatic carbocycles. The van der Waals surface area contributed by atoms with Crippen molar-refractivity contribution in [2.75, 3.05) is 42.6 Å². The molecule has 4 aliphatic rings. The number of carbonyl (C=O) groups excluding carboxylic acids is 3. The maximum Gasteiger partial charge on any atom is 0.313 e. The molecule has 1 unspecified atom stereocenters. The van der Waals surface area contributed by atoms with E-state index in [9.17, 15) is 14.7 Å². The molecule has 2 aromatic rings. The Morgan fingerprint density at radius 2 is 1.66 bits per heavy atom. The van der Waals surface area contributed by atoms with E-state index < -0.39 is 41.1 Å². The molecule has 1 spiro atoms. The Kier molecular flexibility index (Phi) is 9.58. The summed E-state index contributed by atoms with van der Waals surface area (Å²) < 4.78 is 12.9. The van der Waals surface area contributed by atoms with E-state index >= 15 is 4.79 Å². The molecule has 2 amide bonds. The van der Waals surface area contributed by atoms with Gasteiger partial charge in [0.1, 0.15) is 23.2 Å². The van der Waals surface area contributed by atoms with Crippen LogP contribution in [-0.2, 0) is 30.3 Å². The van der Waals surface area contributed by atoms with Crippen molar-refractivity contribution in [1.82, 2.24) is 4.90 Å². The Morgan fingerprint density at radius 3 is 2.34 bits per heavy atom. The predicted molar refractivity (Wildman–Crippen MR) is 181 cm³/mol. The number of esters is 1. The molecule has 9 nitrogen and oxygen atoms in total. The van der Waals surface area contributed by atoms with Gasteiger partial charge in [-0.1, -0.05) is 61.6 Å². The van der Waals surface area contributed by atoms with Crippen LogP contribution in [0.15, 0.2) is 78.9 Å². The van der Waals surface area contributed by atoms with Crippen LogP contribution in [0.5, 0.6) is 0 Å². The van der Waals surface area contributed by atoms with Crippen molar-refractivity contribution < 1.29 is 29.0 Å². The van der Waals surface area contributed by atoms with Gasteiger partial charge in [0.2, 0.25) is 5.91 Å². The fourth-order valence-corrected chi connectivity index (χ4v) is 8.17. The van der Waals surface area contributed by atoms with E-state index in [1.54, 1.807) is 4.90 Å². The second-order valence-electron chi connectivity index (χ2n) is 13.0. The highest BCUT2D eigenvalue weighted by molar-refractivity contribution is 6.06. The zero-order valence-electron chi connectivity index (χ0n) is 27.7. The molecule has 0 aromatic heterocycles. The SMILES string of the molecule is CCN(CC)c1ccc(N2CC=C[C@]34O[C@]5(CC)/C=C\CCCCOC(=O)[C@@H]5[C@H]3C(=O)N([C@@H](CO)Cc3ccccc3)C4C2=O)cc1. The summed E-state index contributed by atoms with van der Waals surface area (Å²) in [6.45, 7) is 8.07. The molecule has 0 saturated carbocycles. The van der Waals surface area contributed by atoms with E-state index in [1.165, 1.54) is 4.90 Å². The van der Waals surface area contributed by atoms with Gasteiger partial charge < -0.3 is 29.3 Å². The smallest absolute Gasteiger partial charge is 0.313 e. The van der Waals surface area contributed by atoms with Gasteiger partial charge in [0.25, 0.3) is 5.91 Å². The average molecular weight is 642 g/mol. The van der Waals surface area contributed by atoms with Gasteiger partial charge in [0.15, 0.2) is 0 Å². The summed E-state index contributed by atoms with van der Waals surface area (Å²) in [7, 11) is 0. The molecule has 6 rings (SSSR count). The summed E-state index contributed by atoms with van der Waals surface area (Å²) >= 11 is 0. The lowest BCUT2D eigenvalue weighted by atomic mass is 9.73. The number of fused-ring (bicyclic) bond motifs is 2. The Morgan fingerprint density at radius 1 is 0.915 bits per heavy atom. The van der Waals surface area contributed by atoms with Gasteiger partial charge in [-0.3, -0.25) is 14.4 Å². The monoisotopic (exact) mass is 641 g/mol. The Labute approximate surface area is 277 Å². The van der Waals surface area contributed by atoms with Gasteiger partial charge in [-0.25, -0.2) is 0 Å². The quantitative estimate of drug-likeness (QED) is 0.314. The molecule has 2 saturated heterocycles. The van der Waals surface area contributed by atoms with Gasteiger partial charge >= 0.3 is 5.97 Å². The van der Waals surface area contributed by atoms with Crippen molar-refractivity contribution in [2.24, 2.45) is 11.8 Å². The van der Waals surface area contributed by atoms with Crippen LogP contribution in [0.3, 0.4) is 0 Å². The average Bonchev–Trinajstić information content (AvgIpc) is 3.46. The maximum atomic E-state index is 15.0. The third-order valence-corrected chi connectivity index (χ3v) is 10.5. The van der Waals surface area contributed by atoms with Crippen LogP contribution in [0.25, 0.3) is 0 Å². The molecule has 0 bridgehead atoms. The number of carbonyl (C=O) groups is 3. The zero-order chi connectivity index (χ0) is 33.2. The summed E-state index contributed by atoms with van der Waals surface area (Å²) in [5.74, 6) is -3.11. The number of amides is 2. The highest BCUT2D eigenvalue weighted by Crippen LogP contribution is 2.58. The zero-order valence-corrected chi connectivity index (χ0v) is 27.7. The molecular weight excluding hydrogens is 594 g/mol. The molecule has 4 heterocycles. The highest BCUT2D eigenvalue weighted by atomic mass is 16.6. The van der Waals surface area contributed by atoms with Gasteiger partial charge in [-0.05, 0) is 75.8 Å². The summed E-state index contributed by atoms with van der Waals surface area (Å²) in [4.78, 5) is 49.4. The predicted octanol–water partition coefficient (Wildman–Crippen LogP) is 4.68. The van der Waals surface area contributed by atoms with Crippen LogP contribution in [0.4, 0.5) is 11.4 Å². The minimum atomic E-state index is -1.44. The molecule has 2 fully saturated rings. The largest absolute Gasteiger partial charge is 0.465 e. The molecule has 47 heavy (non-hydrogen) atoms. The fraction of sp³-hybridized carbons (Fsp3) is 0.500. The van der Waals surface area contributed by atoms with Crippen LogP contribution in [0, 0.1) is 11.8 Å². The second kappa shape index (κ2) is 13.6. The molecule has 9 heteroatoms. The van der Waals surface area contributed by atoms with Crippen molar-refractivity contribution in [3.63, 3.8) is 0 Å². The Balaban J connectivity index is 1.48. The highest BCUT2D eigenvalue weighted by Gasteiger charge is 2.76. The minimum Gasteiger partial charge on any atom is -0.465 e.